The third-order valence-corrected chi connectivity index (χ3v) is 7.32. The number of hydrogen-bond donors (Lipinski definition) is 4. The second-order valence-electron chi connectivity index (χ2n) is 10.5. The van der Waals surface area contributed by atoms with E-state index in [-0.39, 0.29) is 13.0 Å². The Hall–Kier alpha value is -4.79. The van der Waals surface area contributed by atoms with Crippen LogP contribution in [0, 0.1) is 0 Å². The standard InChI is InChI=1S/C30H35N7O7/c1-36(2)26-24-27(32-16-31-26)37(17-33-24)29-25(39)23(22(14-38)44-29)35-28(40)21(13-18-9-11-20(42-3)12-10-18)34-30(41)43-15-19-7-5-4-6-8-19/h4-12,16-17,21-23,25,29,38-39H,13-15H2,1-3H3,(H,34,41)(H,35,40)/t21-,22+,23+,25+,29+/m0/s1/i9+2,10+2,11+2,12+2,13+2,18+2,20+2,21+2,28+2. The number of methoxy groups -OCH3 is 1. The number of aromatic nitrogens is 4. The quantitative estimate of drug-likeness (QED) is 0.189. The highest BCUT2D eigenvalue weighted by atomic mass is 16.7. The van der Waals surface area contributed by atoms with Gasteiger partial charge in [0.15, 0.2) is 23.2 Å². The van der Waals surface area contributed by atoms with Gasteiger partial charge in [-0.3, -0.25) is 9.36 Å². The lowest BCUT2D eigenvalue weighted by Gasteiger charge is -2.25. The first-order valence-electron chi connectivity index (χ1n) is 14.0. The van der Waals surface area contributed by atoms with Crippen molar-refractivity contribution in [3.05, 3.63) is 78.4 Å². The molecule has 4 N–H and O–H groups in total. The van der Waals surface area contributed by atoms with Crippen LogP contribution in [-0.2, 0) is 27.3 Å². The number of nitrogens with zero attached hydrogens (tertiary/aromatic N) is 5. The van der Waals surface area contributed by atoms with Crippen molar-refractivity contribution in [3.63, 3.8) is 0 Å². The molecule has 0 spiro atoms. The van der Waals surface area contributed by atoms with Crippen LogP contribution in [0.5, 0.6) is 5.75 Å². The van der Waals surface area contributed by atoms with E-state index < -0.39 is 49.1 Å². The summed E-state index contributed by atoms with van der Waals surface area (Å²) in [4.78, 5) is 41.2. The molecule has 1 saturated heterocycles. The summed E-state index contributed by atoms with van der Waals surface area (Å²) < 4.78 is 18.1. The van der Waals surface area contributed by atoms with Crippen molar-refractivity contribution < 1.29 is 34.0 Å². The molecule has 0 radical (unpaired) electrons. The third-order valence-electron chi connectivity index (χ3n) is 7.32. The Balaban J connectivity index is 1.33. The van der Waals surface area contributed by atoms with Gasteiger partial charge in [0, 0.05) is 20.5 Å². The number of benzene rings is 2. The van der Waals surface area contributed by atoms with Crippen LogP contribution in [0.2, 0.25) is 0 Å². The van der Waals surface area contributed by atoms with Crippen LogP contribution in [0.4, 0.5) is 10.6 Å². The second-order valence-corrected chi connectivity index (χ2v) is 10.5. The van der Waals surface area contributed by atoms with E-state index in [1.165, 1.54) is 17.2 Å². The molecule has 0 saturated carbocycles. The molecule has 3 heterocycles. The number of hydrogen-bond acceptors (Lipinski definition) is 11. The molecule has 5 atom stereocenters. The molecule has 5 rings (SSSR count). The Labute approximate surface area is 253 Å². The Morgan fingerprint density at radius 1 is 1.23 bits per heavy atom. The van der Waals surface area contributed by atoms with E-state index >= 15 is 0 Å². The number of nitrogens with one attached hydrogen (secondary N) is 2. The maximum absolute atomic E-state index is 13.7. The molecule has 4 aromatic rings. The molecule has 1 aliphatic heterocycles. The van der Waals surface area contributed by atoms with Gasteiger partial charge in [0.1, 0.15) is 36.9 Å². The van der Waals surface area contributed by atoms with E-state index in [0.717, 1.165) is 11.1 Å². The molecule has 232 valence electrons. The van der Waals surface area contributed by atoms with Crippen LogP contribution in [0.3, 0.4) is 0 Å². The maximum Gasteiger partial charge on any atom is 0.408 e. The topological polar surface area (TPSA) is 173 Å². The van der Waals surface area contributed by atoms with Crippen molar-refractivity contribution in [1.82, 2.24) is 30.2 Å². The van der Waals surface area contributed by atoms with Gasteiger partial charge in [0.05, 0.1) is 26.1 Å². The first-order chi connectivity index (χ1) is 21.3. The minimum absolute atomic E-state index is 0.0188. The van der Waals surface area contributed by atoms with E-state index in [9.17, 15) is 19.8 Å². The van der Waals surface area contributed by atoms with E-state index in [1.54, 1.807) is 36.3 Å². The fraction of sp³-hybridized carbons (Fsp3) is 0.367. The van der Waals surface area contributed by atoms with Gasteiger partial charge in [-0.1, -0.05) is 42.5 Å². The van der Waals surface area contributed by atoms with Crippen LogP contribution < -0.4 is 20.3 Å². The zero-order valence-corrected chi connectivity index (χ0v) is 24.5. The minimum atomic E-state index is -1.29. The predicted molar refractivity (Wildman–Crippen MR) is 159 cm³/mol. The molecule has 2 amide bonds. The molecule has 2 aromatic carbocycles. The number of carbonyl (C=O) groups is 2. The van der Waals surface area contributed by atoms with Crippen LogP contribution in [0.25, 0.3) is 11.2 Å². The summed E-state index contributed by atoms with van der Waals surface area (Å²) in [6.07, 6.45) is -1.10. The summed E-state index contributed by atoms with van der Waals surface area (Å²) in [6.45, 7) is -0.469. The summed E-state index contributed by atoms with van der Waals surface area (Å²) in [5, 5.41) is 26.9. The van der Waals surface area contributed by atoms with Crippen molar-refractivity contribution in [3.8, 4) is 5.75 Å². The second kappa shape index (κ2) is 13.7. The number of aliphatic hydroxyl groups is 2. The first-order valence-corrected chi connectivity index (χ1v) is 14.0. The largest absolute Gasteiger partial charge is 0.497 e. The summed E-state index contributed by atoms with van der Waals surface area (Å²) in [6, 6.07) is 14.1. The van der Waals surface area contributed by atoms with Gasteiger partial charge in [0.25, 0.3) is 0 Å². The average Bonchev–Trinajstić information content (AvgIpc) is 3.60. The smallest absolute Gasteiger partial charge is 0.408 e. The van der Waals surface area contributed by atoms with Gasteiger partial charge in [-0.25, -0.2) is 19.7 Å². The number of alkyl carbamates (subject to hydrolysis) is 1. The number of anilines is 1. The molecular weight excluding hydrogens is 588 g/mol. The number of rotatable bonds is 11. The molecule has 44 heavy (non-hydrogen) atoms. The number of aliphatic hydroxyl groups excluding tert-OH is 2. The number of carbonyl (C=O) groups excluding carboxylic acids is 2. The molecular formula is C30H35N7O7. The minimum Gasteiger partial charge on any atom is -0.497 e. The summed E-state index contributed by atoms with van der Waals surface area (Å²) >= 11 is 0. The number of fused-ring (bicyclic) bond motifs is 1. The van der Waals surface area contributed by atoms with Gasteiger partial charge in [-0.2, -0.15) is 0 Å². The zero-order chi connectivity index (χ0) is 31.2. The Morgan fingerprint density at radius 3 is 2.66 bits per heavy atom. The molecule has 2 aromatic heterocycles. The Kier molecular flexibility index (Phi) is 9.53. The van der Waals surface area contributed by atoms with Crippen molar-refractivity contribution >= 4 is 29.0 Å². The summed E-state index contributed by atoms with van der Waals surface area (Å²) in [7, 11) is 5.20. The Bertz CT molecular complexity index is 1570. The van der Waals surface area contributed by atoms with Gasteiger partial charge >= 0.3 is 6.09 Å². The van der Waals surface area contributed by atoms with Crippen LogP contribution in [-0.4, -0.2) is 93.8 Å². The lowest BCUT2D eigenvalue weighted by Crippen LogP contribution is -2.55. The van der Waals surface area contributed by atoms with E-state index in [0.29, 0.717) is 22.7 Å². The average molecular weight is 624 g/mol. The highest BCUT2D eigenvalue weighted by Crippen LogP contribution is 2.32. The van der Waals surface area contributed by atoms with Crippen molar-refractivity contribution in [2.24, 2.45) is 0 Å². The Morgan fingerprint density at radius 2 is 1.98 bits per heavy atom. The normalized spacial score (nSPS) is 20.2. The highest BCUT2D eigenvalue weighted by molar-refractivity contribution is 5.86. The van der Waals surface area contributed by atoms with Crippen molar-refractivity contribution in [2.75, 3.05) is 32.7 Å². The maximum atomic E-state index is 13.7. The van der Waals surface area contributed by atoms with E-state index in [4.69, 9.17) is 14.2 Å². The fourth-order valence-electron chi connectivity index (χ4n) is 5.04. The lowest BCUT2D eigenvalue weighted by molar-refractivity contribution is -0.124. The zero-order valence-electron chi connectivity index (χ0n) is 24.5. The van der Waals surface area contributed by atoms with Gasteiger partial charge in [-0.15, -0.1) is 0 Å². The molecule has 0 aliphatic carbocycles. The van der Waals surface area contributed by atoms with Crippen LogP contribution >= 0.6 is 0 Å². The SMILES string of the molecule is CO[14c]1[14cH][14cH][14c]([14CH2][14C@H](NC(=O)OCc2ccccc2)[14C](=O)N[C@H]2[C@@H](O)[C@H](n3cnc4c(N(C)C)ncnc43)O[C@@H]2CO)[14cH][14cH]1. The monoisotopic (exact) mass is 623 g/mol. The number of ether oxygens (including phenoxy) is 3. The summed E-state index contributed by atoms with van der Waals surface area (Å²) in [5.74, 6) is 0.622. The first kappa shape index (κ1) is 30.7. The number of amides is 2. The highest BCUT2D eigenvalue weighted by Gasteiger charge is 2.46. The van der Waals surface area contributed by atoms with Crippen molar-refractivity contribution in [2.45, 2.75) is 43.5 Å². The number of imidazole rings is 1. The van der Waals surface area contributed by atoms with Gasteiger partial charge in [-0.05, 0) is 23.3 Å². The molecule has 1 fully saturated rings. The van der Waals surface area contributed by atoms with Crippen molar-refractivity contribution in [1.29, 1.82) is 0 Å². The lowest BCUT2D eigenvalue weighted by atomic mass is 10.1. The third kappa shape index (κ3) is 6.72. The summed E-state index contributed by atoms with van der Waals surface area (Å²) in [5.41, 5.74) is 2.45. The molecule has 14 nitrogen and oxygen atoms in total. The molecule has 1 aliphatic rings. The van der Waals surface area contributed by atoms with E-state index in [1.807, 2.05) is 44.4 Å². The van der Waals surface area contributed by atoms with E-state index in [2.05, 4.69) is 25.6 Å². The van der Waals surface area contributed by atoms with Crippen LogP contribution in [0.1, 0.15) is 17.4 Å². The molecule has 0 bridgehead atoms. The predicted octanol–water partition coefficient (Wildman–Crippen LogP) is 1.17. The van der Waals surface area contributed by atoms with Gasteiger partial charge < -0.3 is 40.0 Å². The molecule has 0 unspecified atom stereocenters. The molecule has 14 heteroatoms. The van der Waals surface area contributed by atoms with Crippen LogP contribution in [0.15, 0.2) is 67.3 Å². The fourth-order valence-corrected chi connectivity index (χ4v) is 5.04. The van der Waals surface area contributed by atoms with Gasteiger partial charge in [0.2, 0.25) is 5.91 Å².